The second-order valence-electron chi connectivity index (χ2n) is 6.88. The van der Waals surface area contributed by atoms with Crippen LogP contribution in [-0.4, -0.2) is 56.6 Å². The van der Waals surface area contributed by atoms with E-state index >= 15 is 0 Å². The van der Waals surface area contributed by atoms with Gasteiger partial charge in [-0.3, -0.25) is 9.69 Å². The maximum atomic E-state index is 12.3. The Kier molecular flexibility index (Phi) is 8.56. The molecule has 0 spiro atoms. The first-order chi connectivity index (χ1) is 13.7. The molecule has 29 heavy (non-hydrogen) atoms. The number of piperidine rings is 1. The molecule has 7 nitrogen and oxygen atoms in total. The summed E-state index contributed by atoms with van der Waals surface area (Å²) < 4.78 is 45.7. The SMILES string of the molecule is CNC(=O)COC(=O)NCCC1CCN(Cc2cccc(OC(F)(F)F)c2)CC1. The molecule has 2 rings (SSSR count). The Morgan fingerprint density at radius 3 is 2.62 bits per heavy atom. The van der Waals surface area contributed by atoms with Crippen molar-refractivity contribution in [2.24, 2.45) is 5.92 Å². The number of likely N-dealkylation sites (N-methyl/N-ethyl adjacent to an activating group) is 1. The van der Waals surface area contributed by atoms with E-state index in [9.17, 15) is 22.8 Å². The van der Waals surface area contributed by atoms with Crippen molar-refractivity contribution < 1.29 is 32.2 Å². The number of carbonyl (C=O) groups excluding carboxylic acids is 2. The Hall–Kier alpha value is -2.49. The number of nitrogens with one attached hydrogen (secondary N) is 2. The molecule has 10 heteroatoms. The van der Waals surface area contributed by atoms with Gasteiger partial charge in [-0.2, -0.15) is 0 Å². The number of likely N-dealkylation sites (tertiary alicyclic amines) is 1. The molecule has 1 fully saturated rings. The van der Waals surface area contributed by atoms with E-state index in [1.54, 1.807) is 12.1 Å². The molecular formula is C19H26F3N3O4. The smallest absolute Gasteiger partial charge is 0.439 e. The third-order valence-electron chi connectivity index (χ3n) is 4.68. The maximum absolute atomic E-state index is 12.3. The zero-order valence-electron chi connectivity index (χ0n) is 16.3. The van der Waals surface area contributed by atoms with E-state index in [1.807, 2.05) is 0 Å². The molecule has 0 aliphatic carbocycles. The average Bonchev–Trinajstić information content (AvgIpc) is 2.66. The largest absolute Gasteiger partial charge is 0.573 e. The molecule has 1 aliphatic heterocycles. The fourth-order valence-electron chi connectivity index (χ4n) is 3.17. The number of hydrogen-bond donors (Lipinski definition) is 2. The van der Waals surface area contributed by atoms with Crippen LogP contribution in [0.15, 0.2) is 24.3 Å². The third kappa shape index (κ3) is 9.03. The highest BCUT2D eigenvalue weighted by Gasteiger charge is 2.31. The first kappa shape index (κ1) is 22.8. The minimum absolute atomic E-state index is 0.209. The molecule has 2 N–H and O–H groups in total. The van der Waals surface area contributed by atoms with E-state index in [-0.39, 0.29) is 18.3 Å². The minimum atomic E-state index is -4.69. The molecule has 1 saturated heterocycles. The van der Waals surface area contributed by atoms with Gasteiger partial charge in [0.2, 0.25) is 0 Å². The van der Waals surface area contributed by atoms with Gasteiger partial charge in [-0.1, -0.05) is 12.1 Å². The second-order valence-corrected chi connectivity index (χ2v) is 6.88. The first-order valence-corrected chi connectivity index (χ1v) is 9.43. The molecule has 0 aromatic heterocycles. The van der Waals surface area contributed by atoms with Crippen LogP contribution in [0.5, 0.6) is 5.75 Å². The zero-order chi connectivity index (χ0) is 21.3. The van der Waals surface area contributed by atoms with Crippen LogP contribution in [0, 0.1) is 5.92 Å². The molecule has 1 aliphatic rings. The molecule has 0 atom stereocenters. The van der Waals surface area contributed by atoms with E-state index in [0.29, 0.717) is 19.0 Å². The lowest BCUT2D eigenvalue weighted by Crippen LogP contribution is -2.35. The van der Waals surface area contributed by atoms with Crippen molar-refractivity contribution in [1.29, 1.82) is 0 Å². The van der Waals surface area contributed by atoms with Crippen molar-refractivity contribution in [3.8, 4) is 5.75 Å². The standard InChI is InChI=1S/C19H26F3N3O4/c1-23-17(26)13-28-18(27)24-8-5-14-6-9-25(10-7-14)12-15-3-2-4-16(11-15)29-19(20,21)22/h2-4,11,14H,5-10,12-13H2,1H3,(H,23,26)(H,24,27). The number of halogens is 3. The fourth-order valence-corrected chi connectivity index (χ4v) is 3.17. The van der Waals surface area contributed by atoms with E-state index in [0.717, 1.165) is 37.9 Å². The van der Waals surface area contributed by atoms with E-state index in [2.05, 4.69) is 20.3 Å². The van der Waals surface area contributed by atoms with Gasteiger partial charge in [0.25, 0.3) is 5.91 Å². The number of amides is 2. The molecule has 0 radical (unpaired) electrons. The Bertz CT molecular complexity index is 677. The molecule has 162 valence electrons. The predicted octanol–water partition coefficient (Wildman–Crippen LogP) is 2.66. The van der Waals surface area contributed by atoms with Crippen LogP contribution in [0.2, 0.25) is 0 Å². The zero-order valence-corrected chi connectivity index (χ0v) is 16.3. The van der Waals surface area contributed by atoms with Crippen molar-refractivity contribution >= 4 is 12.0 Å². The van der Waals surface area contributed by atoms with Gasteiger partial charge in [0, 0.05) is 20.1 Å². The van der Waals surface area contributed by atoms with Gasteiger partial charge in [-0.15, -0.1) is 13.2 Å². The summed E-state index contributed by atoms with van der Waals surface area (Å²) in [6, 6.07) is 6.03. The molecule has 0 unspecified atom stereocenters. The summed E-state index contributed by atoms with van der Waals surface area (Å²) in [7, 11) is 1.46. The minimum Gasteiger partial charge on any atom is -0.439 e. The lowest BCUT2D eigenvalue weighted by atomic mass is 9.93. The number of hydrogen-bond acceptors (Lipinski definition) is 5. The third-order valence-corrected chi connectivity index (χ3v) is 4.68. The van der Waals surface area contributed by atoms with Crippen LogP contribution in [0.25, 0.3) is 0 Å². The van der Waals surface area contributed by atoms with Gasteiger partial charge in [-0.25, -0.2) is 4.79 Å². The number of carbonyl (C=O) groups is 2. The highest BCUT2D eigenvalue weighted by Crippen LogP contribution is 2.25. The molecule has 0 bridgehead atoms. The predicted molar refractivity (Wildman–Crippen MR) is 99.2 cm³/mol. The molecular weight excluding hydrogens is 391 g/mol. The Labute approximate surface area is 167 Å². The molecule has 0 saturated carbocycles. The summed E-state index contributed by atoms with van der Waals surface area (Å²) in [5.41, 5.74) is 0.769. The van der Waals surface area contributed by atoms with Gasteiger partial charge in [-0.05, 0) is 56.0 Å². The normalized spacial score (nSPS) is 15.6. The van der Waals surface area contributed by atoms with Crippen molar-refractivity contribution in [2.45, 2.75) is 32.2 Å². The van der Waals surface area contributed by atoms with Crippen LogP contribution < -0.4 is 15.4 Å². The van der Waals surface area contributed by atoms with E-state index < -0.39 is 12.5 Å². The highest BCUT2D eigenvalue weighted by atomic mass is 19.4. The monoisotopic (exact) mass is 417 g/mol. The number of benzene rings is 1. The summed E-state index contributed by atoms with van der Waals surface area (Å²) in [6.07, 6.45) is -2.63. The quantitative estimate of drug-likeness (QED) is 0.680. The summed E-state index contributed by atoms with van der Waals surface area (Å²) >= 11 is 0. The Morgan fingerprint density at radius 1 is 1.24 bits per heavy atom. The van der Waals surface area contributed by atoms with Gasteiger partial charge >= 0.3 is 12.5 Å². The Balaban J connectivity index is 1.66. The first-order valence-electron chi connectivity index (χ1n) is 9.43. The van der Waals surface area contributed by atoms with E-state index in [4.69, 9.17) is 4.74 Å². The maximum Gasteiger partial charge on any atom is 0.573 e. The van der Waals surface area contributed by atoms with Crippen LogP contribution in [0.3, 0.4) is 0 Å². The Morgan fingerprint density at radius 2 is 1.97 bits per heavy atom. The summed E-state index contributed by atoms with van der Waals surface area (Å²) in [5, 5.41) is 4.98. The van der Waals surface area contributed by atoms with Crippen LogP contribution in [0.4, 0.5) is 18.0 Å². The van der Waals surface area contributed by atoms with Gasteiger partial charge in [0.05, 0.1) is 0 Å². The van der Waals surface area contributed by atoms with Crippen molar-refractivity contribution in [2.75, 3.05) is 33.3 Å². The van der Waals surface area contributed by atoms with Crippen LogP contribution in [-0.2, 0) is 16.1 Å². The van der Waals surface area contributed by atoms with Gasteiger partial charge in [0.1, 0.15) is 5.75 Å². The number of ether oxygens (including phenoxy) is 2. The van der Waals surface area contributed by atoms with Gasteiger partial charge in [0.15, 0.2) is 6.61 Å². The number of alkyl carbamates (subject to hydrolysis) is 1. The number of nitrogens with zero attached hydrogens (tertiary/aromatic N) is 1. The summed E-state index contributed by atoms with van der Waals surface area (Å²) in [6.45, 7) is 2.38. The second kappa shape index (κ2) is 10.9. The average molecular weight is 417 g/mol. The highest BCUT2D eigenvalue weighted by molar-refractivity contribution is 5.79. The van der Waals surface area contributed by atoms with Crippen molar-refractivity contribution in [3.63, 3.8) is 0 Å². The molecule has 1 heterocycles. The van der Waals surface area contributed by atoms with Crippen molar-refractivity contribution in [1.82, 2.24) is 15.5 Å². The number of alkyl halides is 3. The molecule has 1 aromatic carbocycles. The lowest BCUT2D eigenvalue weighted by Gasteiger charge is -2.32. The number of rotatable bonds is 8. The lowest BCUT2D eigenvalue weighted by molar-refractivity contribution is -0.274. The van der Waals surface area contributed by atoms with Crippen molar-refractivity contribution in [3.05, 3.63) is 29.8 Å². The van der Waals surface area contributed by atoms with Gasteiger partial charge < -0.3 is 20.1 Å². The molecule has 2 amide bonds. The summed E-state index contributed by atoms with van der Waals surface area (Å²) in [4.78, 5) is 24.7. The van der Waals surface area contributed by atoms with E-state index in [1.165, 1.54) is 19.2 Å². The van der Waals surface area contributed by atoms with Crippen LogP contribution in [0.1, 0.15) is 24.8 Å². The topological polar surface area (TPSA) is 79.9 Å². The van der Waals surface area contributed by atoms with Crippen LogP contribution >= 0.6 is 0 Å². The summed E-state index contributed by atoms with van der Waals surface area (Å²) in [5.74, 6) is -0.132. The fraction of sp³-hybridized carbons (Fsp3) is 0.579. The molecule has 1 aromatic rings.